The number of rotatable bonds is 3. The zero-order valence-corrected chi connectivity index (χ0v) is 11.7. The van der Waals surface area contributed by atoms with Crippen LogP contribution in [0.4, 0.5) is 0 Å². The summed E-state index contributed by atoms with van der Waals surface area (Å²) in [5.74, 6) is 0. The average Bonchev–Trinajstić information content (AvgIpc) is 2.30. The van der Waals surface area contributed by atoms with Crippen LogP contribution in [0.2, 0.25) is 0 Å². The molecule has 1 aromatic heterocycles. The molecule has 0 aliphatic rings. The van der Waals surface area contributed by atoms with Crippen LogP contribution < -0.4 is 4.57 Å². The van der Waals surface area contributed by atoms with Crippen molar-refractivity contribution in [3.63, 3.8) is 0 Å². The largest absolute Gasteiger partial charge is 0.245 e. The Hall–Kier alpha value is 0.670. The molecular formula is C8H13I2N2+. The SMILES string of the molecule is CCCCn1c[n+](C)c(I)c1I. The second-order valence-corrected chi connectivity index (χ2v) is 4.90. The summed E-state index contributed by atoms with van der Waals surface area (Å²) in [5, 5.41) is 0. The summed E-state index contributed by atoms with van der Waals surface area (Å²) in [7, 11) is 2.09. The minimum atomic E-state index is 1.14. The van der Waals surface area contributed by atoms with E-state index in [1.807, 2.05) is 0 Å². The van der Waals surface area contributed by atoms with E-state index >= 15 is 0 Å². The van der Waals surface area contributed by atoms with Crippen LogP contribution in [0.1, 0.15) is 19.8 Å². The van der Waals surface area contributed by atoms with Gasteiger partial charge in [-0.05, 0) is 6.42 Å². The standard InChI is InChI=1S/C8H13I2N2/c1-3-4-5-12-6-11(2)7(9)8(12)10/h6H,3-5H2,1-2H3/q+1. The first-order chi connectivity index (χ1) is 5.66. The van der Waals surface area contributed by atoms with Crippen LogP contribution in [-0.4, -0.2) is 4.57 Å². The summed E-state index contributed by atoms with van der Waals surface area (Å²) in [6, 6.07) is 0. The molecule has 0 N–H and O–H groups in total. The Bertz CT molecular complexity index is 268. The van der Waals surface area contributed by atoms with Gasteiger partial charge in [-0.25, -0.2) is 9.13 Å². The predicted octanol–water partition coefficient (Wildman–Crippen LogP) is 2.32. The highest BCUT2D eigenvalue weighted by Crippen LogP contribution is 2.11. The Labute approximate surface area is 101 Å². The lowest BCUT2D eigenvalue weighted by Gasteiger charge is -1.93. The van der Waals surface area contributed by atoms with Gasteiger partial charge >= 0.3 is 0 Å². The fourth-order valence-corrected chi connectivity index (χ4v) is 2.24. The molecule has 0 bridgehead atoms. The van der Waals surface area contributed by atoms with Gasteiger partial charge in [-0.3, -0.25) is 0 Å². The van der Waals surface area contributed by atoms with Crippen LogP contribution in [0.3, 0.4) is 0 Å². The van der Waals surface area contributed by atoms with Gasteiger partial charge in [-0.2, -0.15) is 0 Å². The molecule has 2 nitrogen and oxygen atoms in total. The number of hydrogen-bond donors (Lipinski definition) is 0. The van der Waals surface area contributed by atoms with Gasteiger partial charge in [-0.15, -0.1) is 0 Å². The lowest BCUT2D eigenvalue weighted by molar-refractivity contribution is -0.683. The van der Waals surface area contributed by atoms with Crippen molar-refractivity contribution in [2.24, 2.45) is 7.05 Å². The topological polar surface area (TPSA) is 8.81 Å². The summed E-state index contributed by atoms with van der Waals surface area (Å²) in [5.41, 5.74) is 0. The van der Waals surface area contributed by atoms with Crippen molar-refractivity contribution in [3.8, 4) is 0 Å². The average molecular weight is 391 g/mol. The van der Waals surface area contributed by atoms with Gasteiger partial charge in [0.1, 0.15) is 0 Å². The minimum absolute atomic E-state index is 1.14. The first kappa shape index (κ1) is 10.7. The van der Waals surface area contributed by atoms with E-state index in [1.54, 1.807) is 0 Å². The Kier molecular flexibility index (Phi) is 4.28. The molecule has 4 heteroatoms. The molecule has 12 heavy (non-hydrogen) atoms. The zero-order valence-electron chi connectivity index (χ0n) is 7.35. The number of nitrogens with zero attached hydrogens (tertiary/aromatic N) is 2. The lowest BCUT2D eigenvalue weighted by atomic mass is 10.3. The van der Waals surface area contributed by atoms with Crippen LogP contribution >= 0.6 is 45.2 Å². The molecule has 1 aromatic rings. The van der Waals surface area contributed by atoms with E-state index in [-0.39, 0.29) is 0 Å². The smallest absolute Gasteiger partial charge is 0.227 e. The van der Waals surface area contributed by atoms with Gasteiger partial charge in [0.05, 0.1) is 13.6 Å². The normalized spacial score (nSPS) is 10.7. The van der Waals surface area contributed by atoms with Crippen molar-refractivity contribution < 1.29 is 4.57 Å². The monoisotopic (exact) mass is 391 g/mol. The number of unbranched alkanes of at least 4 members (excludes halogenated alkanes) is 1. The maximum absolute atomic E-state index is 2.40. The van der Waals surface area contributed by atoms with Gasteiger partial charge in [-0.1, -0.05) is 13.3 Å². The van der Waals surface area contributed by atoms with Gasteiger partial charge in [0.15, 0.2) is 0 Å². The van der Waals surface area contributed by atoms with Gasteiger partial charge < -0.3 is 0 Å². The third-order valence-corrected chi connectivity index (χ3v) is 5.23. The quantitative estimate of drug-likeness (QED) is 0.553. The van der Waals surface area contributed by atoms with E-state index in [0.29, 0.717) is 0 Å². The maximum atomic E-state index is 2.40. The Morgan fingerprint density at radius 3 is 2.58 bits per heavy atom. The Morgan fingerprint density at radius 1 is 1.50 bits per heavy atom. The molecule has 0 amide bonds. The van der Waals surface area contributed by atoms with E-state index in [4.69, 9.17) is 0 Å². The van der Waals surface area contributed by atoms with Crippen molar-refractivity contribution in [1.82, 2.24) is 4.57 Å². The molecule has 0 radical (unpaired) electrons. The van der Waals surface area contributed by atoms with Crippen molar-refractivity contribution >= 4 is 45.2 Å². The summed E-state index contributed by atoms with van der Waals surface area (Å²) in [6.07, 6.45) is 4.69. The van der Waals surface area contributed by atoms with Crippen LogP contribution in [0.25, 0.3) is 0 Å². The Balaban J connectivity index is 2.79. The van der Waals surface area contributed by atoms with Crippen molar-refractivity contribution in [2.45, 2.75) is 26.3 Å². The van der Waals surface area contributed by atoms with E-state index in [0.717, 1.165) is 6.54 Å². The molecule has 1 heterocycles. The molecule has 0 atom stereocenters. The molecule has 68 valence electrons. The lowest BCUT2D eigenvalue weighted by Crippen LogP contribution is -2.28. The third kappa shape index (κ3) is 2.34. The fraction of sp³-hybridized carbons (Fsp3) is 0.625. The van der Waals surface area contributed by atoms with Crippen LogP contribution in [0, 0.1) is 7.40 Å². The van der Waals surface area contributed by atoms with E-state index in [1.165, 1.54) is 20.2 Å². The number of imidazole rings is 1. The molecular weight excluding hydrogens is 378 g/mol. The molecule has 0 fully saturated rings. The molecule has 0 saturated heterocycles. The summed E-state index contributed by atoms with van der Waals surface area (Å²) in [4.78, 5) is 0. The second-order valence-electron chi connectivity index (χ2n) is 2.85. The first-order valence-electron chi connectivity index (χ1n) is 4.06. The minimum Gasteiger partial charge on any atom is -0.227 e. The summed E-state index contributed by atoms with van der Waals surface area (Å²) < 4.78 is 7.15. The van der Waals surface area contributed by atoms with Crippen molar-refractivity contribution in [2.75, 3.05) is 0 Å². The van der Waals surface area contributed by atoms with Crippen molar-refractivity contribution in [1.29, 1.82) is 0 Å². The number of aryl methyl sites for hydroxylation is 2. The molecule has 0 unspecified atom stereocenters. The number of hydrogen-bond acceptors (Lipinski definition) is 0. The molecule has 0 aromatic carbocycles. The van der Waals surface area contributed by atoms with E-state index in [2.05, 4.69) is 74.6 Å². The Morgan fingerprint density at radius 2 is 2.17 bits per heavy atom. The van der Waals surface area contributed by atoms with Crippen LogP contribution in [0.15, 0.2) is 6.33 Å². The first-order valence-corrected chi connectivity index (χ1v) is 6.22. The highest BCUT2D eigenvalue weighted by molar-refractivity contribution is 14.1. The fourth-order valence-electron chi connectivity index (χ4n) is 1.06. The molecule has 0 saturated carbocycles. The number of aromatic nitrogens is 2. The molecule has 0 aliphatic heterocycles. The van der Waals surface area contributed by atoms with E-state index in [9.17, 15) is 0 Å². The second kappa shape index (κ2) is 4.78. The molecule has 0 spiro atoms. The maximum Gasteiger partial charge on any atom is 0.245 e. The highest BCUT2D eigenvalue weighted by Gasteiger charge is 2.14. The predicted molar refractivity (Wildman–Crippen MR) is 66.0 cm³/mol. The van der Waals surface area contributed by atoms with Gasteiger partial charge in [0.25, 0.3) is 0 Å². The van der Waals surface area contributed by atoms with E-state index < -0.39 is 0 Å². The summed E-state index contributed by atoms with van der Waals surface area (Å²) >= 11 is 4.78. The number of halogens is 2. The van der Waals surface area contributed by atoms with Crippen LogP contribution in [0.5, 0.6) is 0 Å². The van der Waals surface area contributed by atoms with Crippen LogP contribution in [-0.2, 0) is 13.6 Å². The van der Waals surface area contributed by atoms with Gasteiger partial charge in [0.2, 0.25) is 13.7 Å². The van der Waals surface area contributed by atoms with Gasteiger partial charge in [0, 0.05) is 45.2 Å². The zero-order chi connectivity index (χ0) is 9.14. The third-order valence-electron chi connectivity index (χ3n) is 1.80. The molecule has 0 aliphatic carbocycles. The van der Waals surface area contributed by atoms with Crippen molar-refractivity contribution in [3.05, 3.63) is 13.7 Å². The molecule has 1 rings (SSSR count). The summed E-state index contributed by atoms with van der Waals surface area (Å²) in [6.45, 7) is 3.37. The highest BCUT2D eigenvalue weighted by atomic mass is 127.